The van der Waals surface area contributed by atoms with Crippen LogP contribution in [0.25, 0.3) is 10.9 Å². The fraction of sp³-hybridized carbons (Fsp3) is 0.400. The molecule has 3 atom stereocenters. The number of nitrogens with one attached hydrogen (secondary N) is 1. The van der Waals surface area contributed by atoms with Crippen molar-refractivity contribution in [1.82, 2.24) is 9.88 Å². The van der Waals surface area contributed by atoms with Gasteiger partial charge in [0, 0.05) is 62.5 Å². The minimum Gasteiger partial charge on any atom is -0.497 e. The smallest absolute Gasteiger partial charge is 0.252 e. The molecule has 1 amide bonds. The molecule has 0 radical (unpaired) electrons. The number of benzene rings is 3. The Hall–Kier alpha value is -4.24. The van der Waals surface area contributed by atoms with Gasteiger partial charge in [-0.25, -0.2) is 17.2 Å². The second-order valence-corrected chi connectivity index (χ2v) is 14.0. The summed E-state index contributed by atoms with van der Waals surface area (Å²) in [7, 11) is 0.990. The Morgan fingerprint density at radius 2 is 1.73 bits per heavy atom. The molecule has 0 saturated carbocycles. The first-order chi connectivity index (χ1) is 23.4. The van der Waals surface area contributed by atoms with Crippen molar-refractivity contribution in [2.75, 3.05) is 44.5 Å². The molecular weight excluding hydrogens is 660 g/mol. The van der Waals surface area contributed by atoms with Gasteiger partial charge in [0.1, 0.15) is 29.7 Å². The lowest BCUT2D eigenvalue weighted by Gasteiger charge is -2.27. The van der Waals surface area contributed by atoms with E-state index in [4.69, 9.17) is 18.9 Å². The molecule has 4 aromatic rings. The molecule has 0 saturated heterocycles. The van der Waals surface area contributed by atoms with Gasteiger partial charge in [-0.1, -0.05) is 19.1 Å². The number of aliphatic hydroxyl groups is 1. The summed E-state index contributed by atoms with van der Waals surface area (Å²) < 4.78 is 78.9. The SMILES string of the molecule is CCc1cn2c3c(ccc(C(=O)N[C@@H](COc4cc(F)cc(F)c4)[C@@H](O)C[C@H](COCc4ccc(OC)cc4)OC)c13)N(C)S(=O)(=O)CC2. The lowest BCUT2D eigenvalue weighted by Crippen LogP contribution is -2.48. The van der Waals surface area contributed by atoms with Gasteiger partial charge >= 0.3 is 0 Å². The lowest BCUT2D eigenvalue weighted by molar-refractivity contribution is -0.0311. The van der Waals surface area contributed by atoms with E-state index in [-0.39, 0.29) is 49.9 Å². The average Bonchev–Trinajstić information content (AvgIpc) is 3.42. The zero-order valence-corrected chi connectivity index (χ0v) is 28.6. The van der Waals surface area contributed by atoms with Crippen LogP contribution in [0.5, 0.6) is 11.5 Å². The maximum atomic E-state index is 14.0. The Labute approximate surface area is 284 Å². The molecule has 264 valence electrons. The predicted octanol–water partition coefficient (Wildman–Crippen LogP) is 4.43. The maximum Gasteiger partial charge on any atom is 0.252 e. The number of amides is 1. The fourth-order valence-electron chi connectivity index (χ4n) is 5.89. The predicted molar refractivity (Wildman–Crippen MR) is 181 cm³/mol. The number of hydrogen-bond acceptors (Lipinski definition) is 8. The van der Waals surface area contributed by atoms with E-state index in [0.29, 0.717) is 29.1 Å². The zero-order chi connectivity index (χ0) is 35.3. The van der Waals surface area contributed by atoms with Crippen LogP contribution >= 0.6 is 0 Å². The van der Waals surface area contributed by atoms with Crippen LogP contribution in [0.3, 0.4) is 0 Å². The number of carbonyl (C=O) groups is 1. The molecule has 2 heterocycles. The third kappa shape index (κ3) is 8.32. The highest BCUT2D eigenvalue weighted by Crippen LogP contribution is 2.36. The number of aliphatic hydroxyl groups excluding tert-OH is 1. The molecule has 0 aliphatic carbocycles. The number of rotatable bonds is 15. The van der Waals surface area contributed by atoms with E-state index < -0.39 is 45.8 Å². The summed E-state index contributed by atoms with van der Waals surface area (Å²) in [4.78, 5) is 14.0. The topological polar surface area (TPSA) is 129 Å². The Bertz CT molecular complexity index is 1860. The number of halogens is 2. The van der Waals surface area contributed by atoms with Crippen LogP contribution in [0.2, 0.25) is 0 Å². The normalized spacial score (nSPS) is 15.8. The Kier molecular flexibility index (Phi) is 11.4. The number of ether oxygens (including phenoxy) is 4. The van der Waals surface area contributed by atoms with Crippen molar-refractivity contribution in [3.8, 4) is 11.5 Å². The molecule has 49 heavy (non-hydrogen) atoms. The lowest BCUT2D eigenvalue weighted by atomic mass is 10.0. The third-order valence-electron chi connectivity index (χ3n) is 8.66. The van der Waals surface area contributed by atoms with Gasteiger partial charge in [-0.3, -0.25) is 9.10 Å². The number of hydrogen-bond donors (Lipinski definition) is 2. The van der Waals surface area contributed by atoms with Crippen LogP contribution in [0, 0.1) is 11.6 Å². The molecule has 1 aliphatic heterocycles. The van der Waals surface area contributed by atoms with Crippen LogP contribution in [-0.2, 0) is 39.1 Å². The van der Waals surface area contributed by atoms with Crippen molar-refractivity contribution in [1.29, 1.82) is 0 Å². The number of methoxy groups -OCH3 is 2. The van der Waals surface area contributed by atoms with E-state index >= 15 is 0 Å². The van der Waals surface area contributed by atoms with Gasteiger partial charge in [-0.2, -0.15) is 0 Å². The largest absolute Gasteiger partial charge is 0.497 e. The summed E-state index contributed by atoms with van der Waals surface area (Å²) in [5.74, 6) is -1.71. The number of aromatic nitrogens is 1. The van der Waals surface area contributed by atoms with Crippen LogP contribution < -0.4 is 19.1 Å². The Balaban J connectivity index is 1.38. The first-order valence-electron chi connectivity index (χ1n) is 15.9. The molecule has 3 aromatic carbocycles. The van der Waals surface area contributed by atoms with E-state index in [1.807, 2.05) is 42.0 Å². The summed E-state index contributed by atoms with van der Waals surface area (Å²) >= 11 is 0. The van der Waals surface area contributed by atoms with Crippen LogP contribution in [0.15, 0.2) is 60.8 Å². The number of nitrogens with zero attached hydrogens (tertiary/aromatic N) is 2. The molecule has 0 bridgehead atoms. The summed E-state index contributed by atoms with van der Waals surface area (Å²) in [5, 5.41) is 14.9. The quantitative estimate of drug-likeness (QED) is 0.187. The second kappa shape index (κ2) is 15.5. The van der Waals surface area contributed by atoms with Crippen molar-refractivity contribution in [3.05, 3.63) is 89.1 Å². The van der Waals surface area contributed by atoms with Gasteiger partial charge in [-0.15, -0.1) is 0 Å². The Morgan fingerprint density at radius 3 is 2.39 bits per heavy atom. The first-order valence-corrected chi connectivity index (χ1v) is 17.5. The molecule has 0 unspecified atom stereocenters. The first kappa shape index (κ1) is 36.1. The van der Waals surface area contributed by atoms with Crippen LogP contribution in [0.4, 0.5) is 14.5 Å². The van der Waals surface area contributed by atoms with Crippen molar-refractivity contribution in [2.24, 2.45) is 0 Å². The number of anilines is 1. The van der Waals surface area contributed by atoms with E-state index in [1.165, 1.54) is 18.5 Å². The summed E-state index contributed by atoms with van der Waals surface area (Å²) in [5.41, 5.74) is 3.11. The molecular formula is C35H41F2N3O8S. The highest BCUT2D eigenvalue weighted by atomic mass is 32.2. The van der Waals surface area contributed by atoms with Gasteiger partial charge < -0.3 is 33.9 Å². The standard InChI is InChI=1S/C35H41F2N3O8S/c1-5-23-18-40-12-13-49(43,44)39(2)31-11-10-29(33(23)34(31)40)35(42)38-30(21-48-27-15-24(36)14-25(37)16-27)32(41)17-28(46-4)20-47-19-22-6-8-26(45-3)9-7-22/h6-11,14-16,18,28,30,32,41H,5,12-13,17,19-21H2,1-4H3,(H,38,42)/t28-,30+,32+/m1/s1. The van der Waals surface area contributed by atoms with Gasteiger partial charge in [0.25, 0.3) is 5.91 Å². The number of aryl methyl sites for hydroxylation is 2. The van der Waals surface area contributed by atoms with Crippen LogP contribution in [-0.4, -0.2) is 82.5 Å². The Morgan fingerprint density at radius 1 is 1.02 bits per heavy atom. The van der Waals surface area contributed by atoms with Crippen molar-refractivity contribution < 1.29 is 46.0 Å². The van der Waals surface area contributed by atoms with Gasteiger partial charge in [0.15, 0.2) is 0 Å². The summed E-state index contributed by atoms with van der Waals surface area (Å²) in [6, 6.07) is 12.2. The maximum absolute atomic E-state index is 14.0. The highest BCUT2D eigenvalue weighted by Gasteiger charge is 2.31. The van der Waals surface area contributed by atoms with Crippen LogP contribution in [0.1, 0.15) is 34.8 Å². The molecule has 0 spiro atoms. The summed E-state index contributed by atoms with van der Waals surface area (Å²) in [6.07, 6.45) is 0.655. The fourth-order valence-corrected chi connectivity index (χ4v) is 7.04. The van der Waals surface area contributed by atoms with Gasteiger partial charge in [0.05, 0.1) is 55.5 Å². The molecule has 0 fully saturated rings. The minimum atomic E-state index is -3.56. The van der Waals surface area contributed by atoms with Gasteiger partial charge in [-0.05, 0) is 41.8 Å². The number of sulfonamides is 1. The zero-order valence-electron chi connectivity index (χ0n) is 27.8. The van der Waals surface area contributed by atoms with Crippen molar-refractivity contribution in [2.45, 2.75) is 51.2 Å². The molecule has 1 aliphatic rings. The molecule has 11 nitrogen and oxygen atoms in total. The molecule has 5 rings (SSSR count). The molecule has 1 aromatic heterocycles. The van der Waals surface area contributed by atoms with E-state index in [0.717, 1.165) is 29.0 Å². The minimum absolute atomic E-state index is 0.0263. The van der Waals surface area contributed by atoms with Gasteiger partial charge in [0.2, 0.25) is 10.0 Å². The second-order valence-electron chi connectivity index (χ2n) is 11.9. The molecule has 2 N–H and O–H groups in total. The molecule has 14 heteroatoms. The van der Waals surface area contributed by atoms with Crippen molar-refractivity contribution >= 4 is 32.5 Å². The van der Waals surface area contributed by atoms with E-state index in [2.05, 4.69) is 5.32 Å². The monoisotopic (exact) mass is 701 g/mol. The summed E-state index contributed by atoms with van der Waals surface area (Å²) in [6.45, 7) is 2.25. The number of carbonyl (C=O) groups excluding carboxylic acids is 1. The third-order valence-corrected chi connectivity index (χ3v) is 10.4. The van der Waals surface area contributed by atoms with E-state index in [1.54, 1.807) is 19.2 Å². The highest BCUT2D eigenvalue weighted by molar-refractivity contribution is 7.92. The average molecular weight is 702 g/mol. The van der Waals surface area contributed by atoms with E-state index in [9.17, 15) is 27.1 Å². The van der Waals surface area contributed by atoms with Crippen molar-refractivity contribution in [3.63, 3.8) is 0 Å².